The largest absolute Gasteiger partial charge is 0.478 e. The first kappa shape index (κ1) is 17.2. The lowest BCUT2D eigenvalue weighted by Crippen LogP contribution is -2.17. The Morgan fingerprint density at radius 3 is 2.56 bits per heavy atom. The number of hydrogen-bond donors (Lipinski definition) is 4. The smallest absolute Gasteiger partial charge is 0.339 e. The van der Waals surface area contributed by atoms with Crippen molar-refractivity contribution in [2.45, 2.75) is 18.5 Å². The second kappa shape index (κ2) is 6.17. The Kier molecular flexibility index (Phi) is 3.92. The number of aromatic carboxylic acids is 1. The van der Waals surface area contributed by atoms with Gasteiger partial charge in [0.05, 0.1) is 12.2 Å². The molecule has 0 spiro atoms. The van der Waals surface area contributed by atoms with Crippen LogP contribution in [0.4, 0.5) is 11.4 Å². The highest BCUT2D eigenvalue weighted by atomic mass is 32.2. The molecule has 1 aliphatic rings. The van der Waals surface area contributed by atoms with Crippen molar-refractivity contribution in [1.29, 1.82) is 0 Å². The number of carboxylic acid groups (broad SMARTS) is 1. The van der Waals surface area contributed by atoms with Gasteiger partial charge in [-0.1, -0.05) is 36.4 Å². The van der Waals surface area contributed by atoms with Crippen LogP contribution in [-0.2, 0) is 16.6 Å². The topological polar surface area (TPSA) is 111 Å². The molecule has 27 heavy (non-hydrogen) atoms. The minimum Gasteiger partial charge on any atom is -0.478 e. The Labute approximate surface area is 156 Å². The Bertz CT molecular complexity index is 1170. The van der Waals surface area contributed by atoms with Crippen molar-refractivity contribution in [3.05, 3.63) is 65.4 Å². The van der Waals surface area contributed by atoms with Gasteiger partial charge in [0.25, 0.3) is 10.0 Å². The fraction of sp³-hybridized carbons (Fsp3) is 0.105. The van der Waals surface area contributed by atoms with Crippen LogP contribution < -0.4 is 10.0 Å². The van der Waals surface area contributed by atoms with Gasteiger partial charge in [-0.15, -0.1) is 0 Å². The maximum absolute atomic E-state index is 13.0. The van der Waals surface area contributed by atoms with E-state index in [0.29, 0.717) is 29.1 Å². The zero-order chi connectivity index (χ0) is 19.2. The highest BCUT2D eigenvalue weighted by Crippen LogP contribution is 2.40. The monoisotopic (exact) mass is 383 g/mol. The molecule has 1 aliphatic heterocycles. The number of aromatic amines is 1. The van der Waals surface area contributed by atoms with Crippen LogP contribution in [0.3, 0.4) is 0 Å². The van der Waals surface area contributed by atoms with Gasteiger partial charge in [-0.2, -0.15) is 8.42 Å². The summed E-state index contributed by atoms with van der Waals surface area (Å²) in [5.41, 5.74) is 3.24. The fourth-order valence-electron chi connectivity index (χ4n) is 3.28. The minimum absolute atomic E-state index is 0.250. The number of sulfonamides is 1. The van der Waals surface area contributed by atoms with Crippen molar-refractivity contribution in [1.82, 2.24) is 4.98 Å². The average molecular weight is 383 g/mol. The molecule has 0 unspecified atom stereocenters. The van der Waals surface area contributed by atoms with E-state index in [4.69, 9.17) is 0 Å². The van der Waals surface area contributed by atoms with Crippen molar-refractivity contribution in [2.24, 2.45) is 0 Å². The summed E-state index contributed by atoms with van der Waals surface area (Å²) >= 11 is 0. The van der Waals surface area contributed by atoms with Gasteiger partial charge in [-0.3, -0.25) is 4.72 Å². The van der Waals surface area contributed by atoms with Crippen LogP contribution in [0.5, 0.6) is 0 Å². The Balaban J connectivity index is 1.89. The molecule has 2 heterocycles. The average Bonchev–Trinajstić information content (AvgIpc) is 3.05. The van der Waals surface area contributed by atoms with Crippen LogP contribution in [0, 0.1) is 6.92 Å². The molecule has 3 aromatic rings. The molecule has 138 valence electrons. The van der Waals surface area contributed by atoms with Crippen LogP contribution in [0.2, 0.25) is 0 Å². The quantitative estimate of drug-likeness (QED) is 0.552. The van der Waals surface area contributed by atoms with Crippen LogP contribution in [0.1, 0.15) is 21.6 Å². The Hall–Kier alpha value is -3.26. The number of fused-ring (bicyclic) bond motifs is 3. The van der Waals surface area contributed by atoms with Crippen LogP contribution >= 0.6 is 0 Å². The highest BCUT2D eigenvalue weighted by Gasteiger charge is 2.33. The molecule has 0 amide bonds. The van der Waals surface area contributed by atoms with E-state index in [1.54, 1.807) is 43.3 Å². The Morgan fingerprint density at radius 1 is 1.11 bits per heavy atom. The molecule has 7 nitrogen and oxygen atoms in total. The number of carboxylic acids is 1. The third-order valence-electron chi connectivity index (χ3n) is 4.57. The number of aromatic nitrogens is 1. The van der Waals surface area contributed by atoms with E-state index < -0.39 is 16.0 Å². The van der Waals surface area contributed by atoms with Crippen LogP contribution in [0.15, 0.2) is 53.6 Å². The number of carbonyl (C=O) groups is 1. The molecule has 8 heteroatoms. The summed E-state index contributed by atoms with van der Waals surface area (Å²) in [4.78, 5) is 14.8. The van der Waals surface area contributed by atoms with Gasteiger partial charge >= 0.3 is 5.97 Å². The van der Waals surface area contributed by atoms with E-state index in [0.717, 1.165) is 11.3 Å². The summed E-state index contributed by atoms with van der Waals surface area (Å²) in [5, 5.41) is 12.6. The van der Waals surface area contributed by atoms with Gasteiger partial charge in [0.15, 0.2) is 5.03 Å². The molecular weight excluding hydrogens is 366 g/mol. The first-order valence-corrected chi connectivity index (χ1v) is 9.76. The number of benzene rings is 2. The number of nitrogens with one attached hydrogen (secondary N) is 3. The molecule has 4 N–H and O–H groups in total. The fourth-order valence-corrected chi connectivity index (χ4v) is 4.62. The van der Waals surface area contributed by atoms with Crippen molar-refractivity contribution < 1.29 is 18.3 Å². The molecule has 2 aromatic carbocycles. The van der Waals surface area contributed by atoms with Gasteiger partial charge in [-0.05, 0) is 24.6 Å². The predicted octanol–water partition coefficient (Wildman–Crippen LogP) is 3.41. The number of hydrogen-bond acceptors (Lipinski definition) is 4. The maximum Gasteiger partial charge on any atom is 0.339 e. The van der Waals surface area contributed by atoms with Gasteiger partial charge in [0, 0.05) is 22.5 Å². The molecule has 0 atom stereocenters. The molecule has 0 saturated heterocycles. The van der Waals surface area contributed by atoms with Crippen molar-refractivity contribution >= 4 is 27.4 Å². The number of aryl methyl sites for hydroxylation is 1. The SMILES string of the molecule is Cc1ccccc1NS(=O)(=O)c1[nH]c2c(c1C(=O)O)-c1ccccc1NC2. The lowest BCUT2D eigenvalue weighted by molar-refractivity contribution is 0.0693. The lowest BCUT2D eigenvalue weighted by Gasteiger charge is -2.18. The van der Waals surface area contributed by atoms with Gasteiger partial charge in [0.1, 0.15) is 5.56 Å². The van der Waals surface area contributed by atoms with E-state index in [-0.39, 0.29) is 10.6 Å². The van der Waals surface area contributed by atoms with E-state index in [1.165, 1.54) is 0 Å². The minimum atomic E-state index is -4.12. The third-order valence-corrected chi connectivity index (χ3v) is 5.90. The molecule has 0 aliphatic carbocycles. The number of para-hydroxylation sites is 2. The van der Waals surface area contributed by atoms with Crippen molar-refractivity contribution in [2.75, 3.05) is 10.0 Å². The normalized spacial score (nSPS) is 12.6. The molecule has 0 fully saturated rings. The summed E-state index contributed by atoms with van der Waals surface area (Å²) in [6.45, 7) is 2.09. The molecular formula is C19H17N3O4S. The maximum atomic E-state index is 13.0. The first-order chi connectivity index (χ1) is 12.9. The third kappa shape index (κ3) is 2.83. The molecule has 0 radical (unpaired) electrons. The highest BCUT2D eigenvalue weighted by molar-refractivity contribution is 7.92. The summed E-state index contributed by atoms with van der Waals surface area (Å²) in [7, 11) is -4.12. The van der Waals surface area contributed by atoms with Crippen LogP contribution in [0.25, 0.3) is 11.1 Å². The number of rotatable bonds is 4. The molecule has 4 rings (SSSR count). The van der Waals surface area contributed by atoms with E-state index in [1.807, 2.05) is 12.1 Å². The summed E-state index contributed by atoms with van der Waals surface area (Å²) in [6.07, 6.45) is 0. The van der Waals surface area contributed by atoms with Gasteiger partial charge < -0.3 is 15.4 Å². The van der Waals surface area contributed by atoms with Crippen LogP contribution in [-0.4, -0.2) is 24.5 Å². The summed E-state index contributed by atoms with van der Waals surface area (Å²) in [6, 6.07) is 14.1. The lowest BCUT2D eigenvalue weighted by atomic mass is 9.97. The molecule has 0 bridgehead atoms. The summed E-state index contributed by atoms with van der Waals surface area (Å²) in [5.74, 6) is -1.30. The van der Waals surface area contributed by atoms with E-state index in [2.05, 4.69) is 15.0 Å². The van der Waals surface area contributed by atoms with Gasteiger partial charge in [0.2, 0.25) is 0 Å². The first-order valence-electron chi connectivity index (χ1n) is 8.28. The standard InChI is InChI=1S/C19H17N3O4S/c1-11-6-2-4-8-13(11)22-27(25,26)18-17(19(23)24)16-12-7-3-5-9-14(12)20-10-15(16)21-18/h2-9,20-22H,10H2,1H3,(H,23,24). The second-order valence-electron chi connectivity index (χ2n) is 6.31. The summed E-state index contributed by atoms with van der Waals surface area (Å²) < 4.78 is 28.5. The van der Waals surface area contributed by atoms with E-state index >= 15 is 0 Å². The zero-order valence-electron chi connectivity index (χ0n) is 14.4. The second-order valence-corrected chi connectivity index (χ2v) is 7.93. The number of H-pyrrole nitrogens is 1. The predicted molar refractivity (Wildman–Crippen MR) is 103 cm³/mol. The van der Waals surface area contributed by atoms with Crippen molar-refractivity contribution in [3.63, 3.8) is 0 Å². The van der Waals surface area contributed by atoms with Gasteiger partial charge in [-0.25, -0.2) is 4.79 Å². The zero-order valence-corrected chi connectivity index (χ0v) is 15.2. The number of anilines is 2. The molecule has 0 saturated carbocycles. The van der Waals surface area contributed by atoms with E-state index in [9.17, 15) is 18.3 Å². The Morgan fingerprint density at radius 2 is 1.81 bits per heavy atom. The van der Waals surface area contributed by atoms with Crippen molar-refractivity contribution in [3.8, 4) is 11.1 Å². The molecule has 1 aromatic heterocycles.